The highest BCUT2D eigenvalue weighted by atomic mass is 16.1. The molecule has 1 N–H and O–H groups in total. The van der Waals surface area contributed by atoms with Crippen molar-refractivity contribution in [2.24, 2.45) is 5.92 Å². The Morgan fingerprint density at radius 1 is 1.04 bits per heavy atom. The van der Waals surface area contributed by atoms with Crippen LogP contribution >= 0.6 is 0 Å². The maximum absolute atomic E-state index is 11.9. The number of aromatic nitrogens is 3. The Balaban J connectivity index is 2.00. The van der Waals surface area contributed by atoms with Crippen LogP contribution in [0.15, 0.2) is 36.4 Å². The average Bonchev–Trinajstić information content (AvgIpc) is 2.90. The molecule has 0 aliphatic carbocycles. The minimum absolute atomic E-state index is 0.00150. The van der Waals surface area contributed by atoms with E-state index in [1.54, 1.807) is 4.80 Å². The summed E-state index contributed by atoms with van der Waals surface area (Å²) < 4.78 is 0. The zero-order chi connectivity index (χ0) is 16.6. The molecule has 2 aromatic carbocycles. The Labute approximate surface area is 135 Å². The first kappa shape index (κ1) is 15.2. The summed E-state index contributed by atoms with van der Waals surface area (Å²) in [6.45, 7) is 7.75. The molecule has 0 aliphatic rings. The second kappa shape index (κ2) is 5.83. The Morgan fingerprint density at radius 3 is 2.26 bits per heavy atom. The highest BCUT2D eigenvalue weighted by Gasteiger charge is 2.12. The molecule has 1 aromatic heterocycles. The third-order valence-electron chi connectivity index (χ3n) is 3.77. The van der Waals surface area contributed by atoms with E-state index in [1.807, 2.05) is 64.1 Å². The molecular formula is C18H20N4O. The Morgan fingerprint density at radius 2 is 1.65 bits per heavy atom. The van der Waals surface area contributed by atoms with Crippen molar-refractivity contribution in [3.05, 3.63) is 47.5 Å². The van der Waals surface area contributed by atoms with Crippen LogP contribution in [-0.2, 0) is 4.79 Å². The highest BCUT2D eigenvalue weighted by Crippen LogP contribution is 2.22. The normalized spacial score (nSPS) is 11.2. The van der Waals surface area contributed by atoms with E-state index < -0.39 is 0 Å². The fourth-order valence-electron chi connectivity index (χ4n) is 2.27. The molecule has 0 unspecified atom stereocenters. The van der Waals surface area contributed by atoms with E-state index in [4.69, 9.17) is 0 Å². The number of anilines is 1. The van der Waals surface area contributed by atoms with E-state index in [0.29, 0.717) is 0 Å². The lowest BCUT2D eigenvalue weighted by atomic mass is 10.1. The van der Waals surface area contributed by atoms with Gasteiger partial charge in [0.2, 0.25) is 5.91 Å². The summed E-state index contributed by atoms with van der Waals surface area (Å²) in [5, 5.41) is 12.0. The van der Waals surface area contributed by atoms with Crippen molar-refractivity contribution < 1.29 is 4.79 Å². The molecule has 3 rings (SSSR count). The van der Waals surface area contributed by atoms with E-state index in [0.717, 1.165) is 28.0 Å². The maximum atomic E-state index is 11.9. The minimum atomic E-state index is -0.0617. The number of rotatable bonds is 3. The van der Waals surface area contributed by atoms with Gasteiger partial charge in [0, 0.05) is 11.6 Å². The molecule has 0 fully saturated rings. The second-order valence-electron chi connectivity index (χ2n) is 6.12. The van der Waals surface area contributed by atoms with Crippen LogP contribution in [0.3, 0.4) is 0 Å². The van der Waals surface area contributed by atoms with Gasteiger partial charge >= 0.3 is 0 Å². The summed E-state index contributed by atoms with van der Waals surface area (Å²) in [5.74, 6) is -0.0632. The fourth-order valence-corrected chi connectivity index (χ4v) is 2.27. The van der Waals surface area contributed by atoms with Crippen LogP contribution in [0.2, 0.25) is 0 Å². The van der Waals surface area contributed by atoms with E-state index in [9.17, 15) is 4.79 Å². The molecule has 118 valence electrons. The topological polar surface area (TPSA) is 59.8 Å². The van der Waals surface area contributed by atoms with Gasteiger partial charge in [-0.1, -0.05) is 31.5 Å². The van der Waals surface area contributed by atoms with Crippen molar-refractivity contribution in [2.45, 2.75) is 27.7 Å². The van der Waals surface area contributed by atoms with Crippen molar-refractivity contribution in [3.63, 3.8) is 0 Å². The van der Waals surface area contributed by atoms with Gasteiger partial charge in [0.25, 0.3) is 0 Å². The zero-order valence-electron chi connectivity index (χ0n) is 13.8. The molecule has 0 atom stereocenters. The number of nitrogens with zero attached hydrogens (tertiary/aromatic N) is 3. The van der Waals surface area contributed by atoms with Gasteiger partial charge in [0.05, 0.1) is 5.69 Å². The molecule has 5 heteroatoms. The number of hydrogen-bond donors (Lipinski definition) is 1. The highest BCUT2D eigenvalue weighted by molar-refractivity contribution is 5.95. The van der Waals surface area contributed by atoms with Crippen LogP contribution in [0.25, 0.3) is 16.7 Å². The van der Waals surface area contributed by atoms with Crippen molar-refractivity contribution in [1.82, 2.24) is 15.0 Å². The number of aryl methyl sites for hydroxylation is 2. The smallest absolute Gasteiger partial charge is 0.226 e. The Hall–Kier alpha value is -2.69. The van der Waals surface area contributed by atoms with Crippen LogP contribution in [0, 0.1) is 19.8 Å². The van der Waals surface area contributed by atoms with Crippen LogP contribution in [0.4, 0.5) is 5.69 Å². The van der Waals surface area contributed by atoms with E-state index in [1.165, 1.54) is 5.56 Å². The van der Waals surface area contributed by atoms with Gasteiger partial charge < -0.3 is 5.32 Å². The van der Waals surface area contributed by atoms with Gasteiger partial charge in [-0.15, -0.1) is 10.2 Å². The van der Waals surface area contributed by atoms with Gasteiger partial charge in [-0.05, 0) is 43.7 Å². The van der Waals surface area contributed by atoms with Crippen LogP contribution in [0.5, 0.6) is 0 Å². The van der Waals surface area contributed by atoms with Crippen LogP contribution in [-0.4, -0.2) is 20.9 Å². The largest absolute Gasteiger partial charge is 0.326 e. The summed E-state index contributed by atoms with van der Waals surface area (Å²) in [7, 11) is 0. The number of carbonyl (C=O) groups is 1. The molecule has 1 amide bonds. The van der Waals surface area contributed by atoms with Crippen molar-refractivity contribution in [1.29, 1.82) is 0 Å². The Bertz CT molecular complexity index is 863. The maximum Gasteiger partial charge on any atom is 0.226 e. The number of benzene rings is 2. The molecule has 0 spiro atoms. The standard InChI is InChI=1S/C18H20N4O/c1-11(2)18(23)19-15-10-17-16(9-13(15)4)20-22(21-17)14-7-5-12(3)6-8-14/h5-11H,1-4H3,(H,19,23). The molecule has 23 heavy (non-hydrogen) atoms. The predicted molar refractivity (Wildman–Crippen MR) is 91.8 cm³/mol. The molecule has 0 radical (unpaired) electrons. The predicted octanol–water partition coefficient (Wildman–Crippen LogP) is 3.63. The van der Waals surface area contributed by atoms with Crippen LogP contribution in [0.1, 0.15) is 25.0 Å². The van der Waals surface area contributed by atoms with Crippen molar-refractivity contribution in [3.8, 4) is 5.69 Å². The SMILES string of the molecule is Cc1ccc(-n2nc3cc(C)c(NC(=O)C(C)C)cc3n2)cc1. The lowest BCUT2D eigenvalue weighted by Gasteiger charge is -2.09. The van der Waals surface area contributed by atoms with Gasteiger partial charge in [0.1, 0.15) is 11.0 Å². The average molecular weight is 308 g/mol. The zero-order valence-corrected chi connectivity index (χ0v) is 13.8. The molecule has 0 saturated heterocycles. The summed E-state index contributed by atoms with van der Waals surface area (Å²) in [6, 6.07) is 11.9. The number of fused-ring (bicyclic) bond motifs is 1. The molecular weight excluding hydrogens is 288 g/mol. The van der Waals surface area contributed by atoms with Crippen molar-refractivity contribution >= 4 is 22.6 Å². The van der Waals surface area contributed by atoms with Gasteiger partial charge in [0.15, 0.2) is 0 Å². The monoisotopic (exact) mass is 308 g/mol. The van der Waals surface area contributed by atoms with Crippen molar-refractivity contribution in [2.75, 3.05) is 5.32 Å². The summed E-state index contributed by atoms with van der Waals surface area (Å²) in [5.41, 5.74) is 5.44. The quantitative estimate of drug-likeness (QED) is 0.803. The molecule has 5 nitrogen and oxygen atoms in total. The minimum Gasteiger partial charge on any atom is -0.326 e. The van der Waals surface area contributed by atoms with E-state index >= 15 is 0 Å². The lowest BCUT2D eigenvalue weighted by Crippen LogP contribution is -2.18. The number of carbonyl (C=O) groups excluding carboxylic acids is 1. The summed E-state index contributed by atoms with van der Waals surface area (Å²) >= 11 is 0. The molecule has 0 saturated carbocycles. The van der Waals surface area contributed by atoms with E-state index in [-0.39, 0.29) is 11.8 Å². The molecule has 3 aromatic rings. The molecule has 0 aliphatic heterocycles. The molecule has 1 heterocycles. The lowest BCUT2D eigenvalue weighted by molar-refractivity contribution is -0.118. The third-order valence-corrected chi connectivity index (χ3v) is 3.77. The first-order valence-electron chi connectivity index (χ1n) is 7.69. The fraction of sp³-hybridized carbons (Fsp3) is 0.278. The van der Waals surface area contributed by atoms with Gasteiger partial charge in [-0.25, -0.2) is 0 Å². The Kier molecular flexibility index (Phi) is 3.86. The molecule has 0 bridgehead atoms. The third kappa shape index (κ3) is 3.08. The first-order chi connectivity index (χ1) is 10.9. The number of hydrogen-bond acceptors (Lipinski definition) is 3. The second-order valence-corrected chi connectivity index (χ2v) is 6.12. The van der Waals surface area contributed by atoms with Gasteiger partial charge in [-0.2, -0.15) is 4.80 Å². The first-order valence-corrected chi connectivity index (χ1v) is 7.69. The van der Waals surface area contributed by atoms with Crippen LogP contribution < -0.4 is 5.32 Å². The summed E-state index contributed by atoms with van der Waals surface area (Å²) in [4.78, 5) is 13.5. The number of nitrogens with one attached hydrogen (secondary N) is 1. The van der Waals surface area contributed by atoms with E-state index in [2.05, 4.69) is 15.5 Å². The number of amides is 1. The van der Waals surface area contributed by atoms with Gasteiger partial charge in [-0.3, -0.25) is 4.79 Å². The summed E-state index contributed by atoms with van der Waals surface area (Å²) in [6.07, 6.45) is 0.